The van der Waals surface area contributed by atoms with Gasteiger partial charge >= 0.3 is 0 Å². The maximum Gasteiger partial charge on any atom is 0.166 e. The molecule has 1 aliphatic heterocycles. The highest BCUT2D eigenvalue weighted by atomic mass is 19.2. The zero-order chi connectivity index (χ0) is 25.5. The minimum atomic E-state index is -0.827. The molecule has 36 heavy (non-hydrogen) atoms. The number of aryl methyl sites for hydroxylation is 1. The molecule has 0 N–H and O–H groups in total. The van der Waals surface area contributed by atoms with Crippen LogP contribution in [-0.4, -0.2) is 6.61 Å². The molecule has 3 aromatic carbocycles. The number of ether oxygens (including phenoxy) is 1. The van der Waals surface area contributed by atoms with E-state index in [0.717, 1.165) is 50.5 Å². The van der Waals surface area contributed by atoms with E-state index in [-0.39, 0.29) is 17.5 Å². The van der Waals surface area contributed by atoms with Gasteiger partial charge in [0.15, 0.2) is 11.6 Å². The van der Waals surface area contributed by atoms with E-state index >= 15 is 4.39 Å². The van der Waals surface area contributed by atoms with Gasteiger partial charge in [-0.3, -0.25) is 0 Å². The molecule has 1 fully saturated rings. The lowest BCUT2D eigenvalue weighted by Gasteiger charge is -2.29. The molecule has 4 heteroatoms. The lowest BCUT2D eigenvalue weighted by atomic mass is 9.91. The third-order valence-corrected chi connectivity index (χ3v) is 7.23. The lowest BCUT2D eigenvalue weighted by Crippen LogP contribution is -2.20. The van der Waals surface area contributed by atoms with Crippen LogP contribution in [0.5, 0.6) is 0 Å². The molecule has 1 nitrogen and oxygen atoms in total. The van der Waals surface area contributed by atoms with E-state index in [9.17, 15) is 8.78 Å². The van der Waals surface area contributed by atoms with Gasteiger partial charge in [-0.1, -0.05) is 74.4 Å². The van der Waals surface area contributed by atoms with Crippen LogP contribution in [-0.2, 0) is 11.2 Å². The zero-order valence-corrected chi connectivity index (χ0v) is 21.0. The second-order valence-corrected chi connectivity index (χ2v) is 9.81. The predicted octanol–water partition coefficient (Wildman–Crippen LogP) is 9.60. The van der Waals surface area contributed by atoms with Crippen LogP contribution in [0.4, 0.5) is 13.2 Å². The molecular formula is C32H35F3O. The van der Waals surface area contributed by atoms with Crippen LogP contribution in [0, 0.1) is 23.4 Å². The summed E-state index contributed by atoms with van der Waals surface area (Å²) >= 11 is 0. The number of allylic oxidation sites excluding steroid dienone is 1. The smallest absolute Gasteiger partial charge is 0.166 e. The topological polar surface area (TPSA) is 9.23 Å². The Labute approximate surface area is 213 Å². The standard InChI is InChI=1S/C32H35F3O/c1-3-5-7-9-25-15-18-28(32(35)31(25)34)24-13-11-23(12-14-24)27-17-16-26(20-29(27)33)30-19-10-22(21-36-30)8-6-4-2/h4,11-18,20,22,30H,2-3,5-10,19,21H2,1H3. The summed E-state index contributed by atoms with van der Waals surface area (Å²) in [4.78, 5) is 0. The summed E-state index contributed by atoms with van der Waals surface area (Å²) in [7, 11) is 0. The van der Waals surface area contributed by atoms with Crippen LogP contribution < -0.4 is 0 Å². The second kappa shape index (κ2) is 12.4. The van der Waals surface area contributed by atoms with Crippen LogP contribution in [0.15, 0.2) is 67.3 Å². The van der Waals surface area contributed by atoms with Gasteiger partial charge in [-0.2, -0.15) is 0 Å². The van der Waals surface area contributed by atoms with Gasteiger partial charge in [0.1, 0.15) is 5.82 Å². The minimum Gasteiger partial charge on any atom is -0.373 e. The van der Waals surface area contributed by atoms with Crippen molar-refractivity contribution in [2.45, 2.75) is 64.4 Å². The summed E-state index contributed by atoms with van der Waals surface area (Å²) in [5, 5.41) is 0. The molecule has 1 saturated heterocycles. The van der Waals surface area contributed by atoms with Crippen LogP contribution in [0.1, 0.15) is 69.1 Å². The van der Waals surface area contributed by atoms with Crippen LogP contribution in [0.2, 0.25) is 0 Å². The number of hydrogen-bond donors (Lipinski definition) is 0. The quantitative estimate of drug-likeness (QED) is 0.202. The van der Waals surface area contributed by atoms with Crippen molar-refractivity contribution in [3.63, 3.8) is 0 Å². The molecule has 2 atom stereocenters. The van der Waals surface area contributed by atoms with Gasteiger partial charge in [0.25, 0.3) is 0 Å². The van der Waals surface area contributed by atoms with Gasteiger partial charge < -0.3 is 4.74 Å². The number of benzene rings is 3. The molecular weight excluding hydrogens is 457 g/mol. The maximum absolute atomic E-state index is 15.1. The zero-order valence-electron chi connectivity index (χ0n) is 21.0. The molecule has 1 aliphatic rings. The molecule has 190 valence electrons. The molecule has 0 radical (unpaired) electrons. The third kappa shape index (κ3) is 6.10. The molecule has 2 unspecified atom stereocenters. The monoisotopic (exact) mass is 492 g/mol. The van der Waals surface area contributed by atoms with Crippen LogP contribution in [0.25, 0.3) is 22.3 Å². The van der Waals surface area contributed by atoms with E-state index in [2.05, 4.69) is 13.5 Å². The number of unbranched alkanes of at least 4 members (excludes halogenated alkanes) is 2. The van der Waals surface area contributed by atoms with E-state index in [4.69, 9.17) is 4.74 Å². The Kier molecular flexibility index (Phi) is 9.03. The molecule has 0 aliphatic carbocycles. The summed E-state index contributed by atoms with van der Waals surface area (Å²) < 4.78 is 50.5. The van der Waals surface area contributed by atoms with Crippen molar-refractivity contribution in [1.82, 2.24) is 0 Å². The van der Waals surface area contributed by atoms with Crippen molar-refractivity contribution < 1.29 is 17.9 Å². The first-order valence-corrected chi connectivity index (χ1v) is 13.1. The highest BCUT2D eigenvalue weighted by molar-refractivity contribution is 5.71. The van der Waals surface area contributed by atoms with E-state index in [1.54, 1.807) is 48.5 Å². The number of halogens is 3. The van der Waals surface area contributed by atoms with Gasteiger partial charge in [-0.05, 0) is 72.8 Å². The summed E-state index contributed by atoms with van der Waals surface area (Å²) in [6.07, 6.45) is 9.28. The fourth-order valence-electron chi connectivity index (χ4n) is 5.02. The van der Waals surface area contributed by atoms with Crippen LogP contribution >= 0.6 is 0 Å². The van der Waals surface area contributed by atoms with Crippen molar-refractivity contribution in [3.05, 3.63) is 95.8 Å². The van der Waals surface area contributed by atoms with E-state index in [1.165, 1.54) is 0 Å². The summed E-state index contributed by atoms with van der Waals surface area (Å²) in [6, 6.07) is 15.5. The van der Waals surface area contributed by atoms with Gasteiger partial charge in [0, 0.05) is 11.1 Å². The van der Waals surface area contributed by atoms with Gasteiger partial charge in [0.05, 0.1) is 12.7 Å². The molecule has 3 aromatic rings. The fraction of sp³-hybridized carbons (Fsp3) is 0.375. The summed E-state index contributed by atoms with van der Waals surface area (Å²) in [5.41, 5.74) is 3.21. The Bertz CT molecular complexity index is 1160. The van der Waals surface area contributed by atoms with Crippen molar-refractivity contribution in [2.75, 3.05) is 6.61 Å². The Morgan fingerprint density at radius 1 is 0.889 bits per heavy atom. The summed E-state index contributed by atoms with van der Waals surface area (Å²) in [5.74, 6) is -1.37. The van der Waals surface area contributed by atoms with Crippen molar-refractivity contribution in [1.29, 1.82) is 0 Å². The van der Waals surface area contributed by atoms with Crippen molar-refractivity contribution >= 4 is 0 Å². The largest absolute Gasteiger partial charge is 0.373 e. The van der Waals surface area contributed by atoms with E-state index in [0.29, 0.717) is 41.2 Å². The molecule has 4 rings (SSSR count). The Hall–Kier alpha value is -2.85. The SMILES string of the molecule is C=CCCC1CCC(c2ccc(-c3ccc(-c4ccc(CCCCC)c(F)c4F)cc3)c(F)c2)OC1. The normalized spacial score (nSPS) is 17.8. The third-order valence-electron chi connectivity index (χ3n) is 7.23. The average Bonchev–Trinajstić information content (AvgIpc) is 2.90. The van der Waals surface area contributed by atoms with E-state index in [1.807, 2.05) is 12.1 Å². The first kappa shape index (κ1) is 26.2. The lowest BCUT2D eigenvalue weighted by molar-refractivity contribution is -0.0191. The first-order chi connectivity index (χ1) is 17.5. The van der Waals surface area contributed by atoms with Crippen LogP contribution in [0.3, 0.4) is 0 Å². The Morgan fingerprint density at radius 2 is 1.61 bits per heavy atom. The number of hydrogen-bond acceptors (Lipinski definition) is 1. The van der Waals surface area contributed by atoms with Gasteiger partial charge in [-0.15, -0.1) is 6.58 Å². The average molecular weight is 493 g/mol. The minimum absolute atomic E-state index is 0.0845. The number of rotatable bonds is 10. The fourth-order valence-corrected chi connectivity index (χ4v) is 5.02. The molecule has 1 heterocycles. The molecule has 0 aromatic heterocycles. The first-order valence-electron chi connectivity index (χ1n) is 13.1. The Morgan fingerprint density at radius 3 is 2.25 bits per heavy atom. The molecule has 0 amide bonds. The highest BCUT2D eigenvalue weighted by Gasteiger charge is 2.23. The predicted molar refractivity (Wildman–Crippen MR) is 141 cm³/mol. The summed E-state index contributed by atoms with van der Waals surface area (Å²) in [6.45, 7) is 6.55. The highest BCUT2D eigenvalue weighted by Crippen LogP contribution is 2.35. The van der Waals surface area contributed by atoms with Gasteiger partial charge in [-0.25, -0.2) is 13.2 Å². The molecule has 0 bridgehead atoms. The van der Waals surface area contributed by atoms with E-state index < -0.39 is 11.6 Å². The Balaban J connectivity index is 1.46. The second-order valence-electron chi connectivity index (χ2n) is 9.81. The molecule has 0 spiro atoms. The van der Waals surface area contributed by atoms with Crippen molar-refractivity contribution in [2.24, 2.45) is 5.92 Å². The van der Waals surface area contributed by atoms with Gasteiger partial charge in [0.2, 0.25) is 0 Å². The van der Waals surface area contributed by atoms with Crippen molar-refractivity contribution in [3.8, 4) is 22.3 Å². The molecule has 0 saturated carbocycles. The maximum atomic E-state index is 15.1.